The molecule has 8 heteroatoms. The molecule has 4 nitrogen and oxygen atoms in total. The summed E-state index contributed by atoms with van der Waals surface area (Å²) in [5.41, 5.74) is 9.06. The number of nitrogens with two attached hydrogens (primary N) is 1. The molecule has 0 bridgehead atoms. The molecule has 7 N–H and O–H groups in total. The molecule has 0 fully saturated rings. The van der Waals surface area contributed by atoms with E-state index in [4.69, 9.17) is 17.3 Å². The minimum Gasteiger partial charge on any atom is -1.00 e. The van der Waals surface area contributed by atoms with Crippen LogP contribution in [-0.2, 0) is 0 Å². The molecule has 14 heavy (non-hydrogen) atoms. The molecule has 0 radical (unpaired) electrons. The number of aliphatic hydroxyl groups excluding tert-OH is 1. The fourth-order valence-electron chi connectivity index (χ4n) is 0.810. The van der Waals surface area contributed by atoms with E-state index in [0.29, 0.717) is 11.7 Å². The van der Waals surface area contributed by atoms with E-state index in [1.54, 1.807) is 6.20 Å². The molecule has 1 aromatic rings. The molecule has 1 aromatic heterocycles. The van der Waals surface area contributed by atoms with Gasteiger partial charge in [0.05, 0.1) is 11.4 Å². The first-order valence-electron chi connectivity index (χ1n) is 3.53. The molecule has 84 valence electrons. The van der Waals surface area contributed by atoms with Gasteiger partial charge in [-0.3, -0.25) is 5.73 Å². The smallest absolute Gasteiger partial charge is 0.329 e. The lowest BCUT2D eigenvalue weighted by Crippen LogP contribution is -3.00. The number of nitrogen functional groups attached to an aromatic ring is 1. The van der Waals surface area contributed by atoms with Crippen LogP contribution in [0.15, 0.2) is 6.20 Å². The lowest BCUT2D eigenvalue weighted by molar-refractivity contribution is -0.370. The normalized spacial score (nSPS) is 13.6. The van der Waals surface area contributed by atoms with Crippen molar-refractivity contribution in [2.75, 3.05) is 12.3 Å². The third-order valence-electron chi connectivity index (χ3n) is 1.49. The van der Waals surface area contributed by atoms with Crippen LogP contribution in [0.2, 0.25) is 0 Å². The molecule has 1 rings (SSSR count). The van der Waals surface area contributed by atoms with Gasteiger partial charge in [0.25, 0.3) is 0 Å². The number of rotatable bonds is 3. The topological polar surface area (TPSA) is 88.0 Å². The first kappa shape index (κ1) is 16.6. The highest BCUT2D eigenvalue weighted by Gasteiger charge is 2.21. The predicted molar refractivity (Wildman–Crippen MR) is 47.6 cm³/mol. The van der Waals surface area contributed by atoms with E-state index >= 15 is 0 Å². The van der Waals surface area contributed by atoms with Gasteiger partial charge in [-0.2, -0.15) is 0 Å². The lowest BCUT2D eigenvalue weighted by Gasteiger charge is -2.09. The summed E-state index contributed by atoms with van der Waals surface area (Å²) >= 11 is 7.10. The van der Waals surface area contributed by atoms with Gasteiger partial charge < -0.3 is 35.7 Å². The molecule has 0 aliphatic carbocycles. The summed E-state index contributed by atoms with van der Waals surface area (Å²) < 4.78 is 0. The number of alkyl halides is 1. The maximum atomic E-state index is 9.57. The molecule has 0 aromatic carbocycles. The number of anilines is 1. The van der Waals surface area contributed by atoms with Crippen molar-refractivity contribution in [3.8, 4) is 0 Å². The van der Waals surface area contributed by atoms with Crippen LogP contribution in [0.25, 0.3) is 0 Å². The predicted octanol–water partition coefficient (Wildman–Crippen LogP) is -6.96. The molecule has 0 aliphatic heterocycles. The van der Waals surface area contributed by atoms with Crippen LogP contribution in [0.3, 0.4) is 0 Å². The lowest BCUT2D eigenvalue weighted by atomic mass is 10.2. The molecule has 0 aliphatic rings. The molecular weight excluding hydrogens is 269 g/mol. The Bertz CT molecular complexity index is 260. The minimum absolute atomic E-state index is 0. The highest BCUT2D eigenvalue weighted by Crippen LogP contribution is 2.24. The zero-order valence-electron chi connectivity index (χ0n) is 7.21. The first-order valence-corrected chi connectivity index (χ1v) is 4.78. The molecule has 0 saturated carbocycles. The molecule has 1 heterocycles. The molecule has 0 saturated heterocycles. The van der Waals surface area contributed by atoms with E-state index < -0.39 is 6.10 Å². The van der Waals surface area contributed by atoms with Crippen LogP contribution in [0, 0.1) is 0 Å². The van der Waals surface area contributed by atoms with Crippen LogP contribution in [0.4, 0.5) is 5.13 Å². The van der Waals surface area contributed by atoms with Gasteiger partial charge in [-0.15, -0.1) is 11.6 Å². The third kappa shape index (κ3) is 4.16. The van der Waals surface area contributed by atoms with Gasteiger partial charge in [0, 0.05) is 0 Å². The van der Waals surface area contributed by atoms with Gasteiger partial charge in [0.15, 0.2) is 0 Å². The van der Waals surface area contributed by atoms with E-state index in [2.05, 4.69) is 10.7 Å². The van der Waals surface area contributed by atoms with Crippen molar-refractivity contribution in [3.05, 3.63) is 11.1 Å². The summed E-state index contributed by atoms with van der Waals surface area (Å²) in [5.74, 6) is 0. The Kier molecular flexibility index (Phi) is 8.92. The number of quaternary nitrogens is 1. The minimum atomic E-state index is -0.678. The number of aromatic amines is 1. The molecule has 0 amide bonds. The second-order valence-corrected chi connectivity index (χ2v) is 4.08. The van der Waals surface area contributed by atoms with Crippen molar-refractivity contribution >= 4 is 28.1 Å². The zero-order valence-corrected chi connectivity index (χ0v) is 10.3. The van der Waals surface area contributed by atoms with Gasteiger partial charge in [0.1, 0.15) is 17.7 Å². The number of hydrogen-bond acceptors (Lipinski definition) is 3. The van der Waals surface area contributed by atoms with E-state index in [9.17, 15) is 5.11 Å². The van der Waals surface area contributed by atoms with E-state index in [-0.39, 0.29) is 30.2 Å². The van der Waals surface area contributed by atoms with Crippen LogP contribution < -0.4 is 41.3 Å². The Morgan fingerprint density at radius 2 is 2.21 bits per heavy atom. The quantitative estimate of drug-likeness (QED) is 0.481. The summed E-state index contributed by atoms with van der Waals surface area (Å²) in [6.45, 7) is 0.487. The monoisotopic (exact) mass is 279 g/mol. The number of hydrogen-bond donors (Lipinski definition) is 3. The highest BCUT2D eigenvalue weighted by atomic mass is 35.5. The van der Waals surface area contributed by atoms with Crippen molar-refractivity contribution in [2.24, 2.45) is 0 Å². The van der Waals surface area contributed by atoms with Crippen LogP contribution >= 0.6 is 22.9 Å². The zero-order chi connectivity index (χ0) is 9.14. The van der Waals surface area contributed by atoms with Crippen molar-refractivity contribution in [1.29, 1.82) is 0 Å². The maximum absolute atomic E-state index is 9.57. The summed E-state index contributed by atoms with van der Waals surface area (Å²) in [6, 6.07) is 0. The Labute approximate surface area is 103 Å². The number of thiazole rings is 1. The van der Waals surface area contributed by atoms with Crippen molar-refractivity contribution in [3.63, 3.8) is 0 Å². The summed E-state index contributed by atoms with van der Waals surface area (Å²) in [4.78, 5) is 3.53. The third-order valence-corrected chi connectivity index (χ3v) is 2.88. The van der Waals surface area contributed by atoms with E-state index in [0.717, 1.165) is 4.88 Å². The Balaban J connectivity index is 0. The standard InChI is InChI=1S/C6H10ClN3OS.2ClH/c7-3(1-8)5(11)4-2-10-6(9)12-4;;/h2-3,5,11H,1,8H2,(H2,9,10);2*1H/t3-,5+;;/m0../s1. The Hall–Kier alpha value is 0.220. The average Bonchev–Trinajstić information content (AvgIpc) is 2.49. The van der Waals surface area contributed by atoms with Crippen molar-refractivity contribution in [2.45, 2.75) is 11.5 Å². The SMILES string of the molecule is Nc1[nH+]cc([C@H](O)[C@@H](Cl)C[NH3+])s1.[Cl-].[Cl-]. The summed E-state index contributed by atoms with van der Waals surface area (Å²) in [7, 11) is 0. The van der Waals surface area contributed by atoms with Crippen molar-refractivity contribution < 1.29 is 40.6 Å². The second kappa shape index (κ2) is 7.50. The Morgan fingerprint density at radius 1 is 1.64 bits per heavy atom. The number of aliphatic hydroxyl groups is 1. The van der Waals surface area contributed by atoms with Gasteiger partial charge in [-0.25, -0.2) is 4.98 Å². The number of aromatic nitrogens is 1. The van der Waals surface area contributed by atoms with E-state index in [1.807, 2.05) is 0 Å². The maximum Gasteiger partial charge on any atom is 0.329 e. The highest BCUT2D eigenvalue weighted by molar-refractivity contribution is 7.14. The Morgan fingerprint density at radius 3 is 2.57 bits per heavy atom. The molecule has 2 atom stereocenters. The van der Waals surface area contributed by atoms with Gasteiger partial charge in [-0.1, -0.05) is 0 Å². The van der Waals surface area contributed by atoms with E-state index in [1.165, 1.54) is 11.3 Å². The van der Waals surface area contributed by atoms with Gasteiger partial charge >= 0.3 is 5.13 Å². The fourth-order valence-corrected chi connectivity index (χ4v) is 1.80. The fraction of sp³-hybridized carbons (Fsp3) is 0.500. The summed E-state index contributed by atoms with van der Waals surface area (Å²) in [6.07, 6.45) is 0.984. The van der Waals surface area contributed by atoms with Crippen molar-refractivity contribution in [1.82, 2.24) is 0 Å². The van der Waals surface area contributed by atoms with Gasteiger partial charge in [0.2, 0.25) is 0 Å². The molecule has 0 unspecified atom stereocenters. The average molecular weight is 281 g/mol. The first-order chi connectivity index (χ1) is 5.65. The number of halogens is 3. The van der Waals surface area contributed by atoms with Crippen LogP contribution in [0.1, 0.15) is 11.0 Å². The number of H-pyrrole nitrogens is 1. The largest absolute Gasteiger partial charge is 1.00 e. The van der Waals surface area contributed by atoms with Crippen LogP contribution in [0.5, 0.6) is 0 Å². The molecule has 0 spiro atoms. The molecular formula is C6H12Cl3N3OS. The summed E-state index contributed by atoms with van der Waals surface area (Å²) in [5, 5.41) is 9.78. The number of nitrogens with one attached hydrogen (secondary N) is 1. The van der Waals surface area contributed by atoms with Crippen LogP contribution in [-0.4, -0.2) is 17.0 Å². The second-order valence-electron chi connectivity index (χ2n) is 2.41. The van der Waals surface area contributed by atoms with Gasteiger partial charge in [-0.05, 0) is 11.3 Å².